The average Bonchev–Trinajstić information content (AvgIpc) is 3.28. The van der Waals surface area contributed by atoms with Crippen molar-refractivity contribution in [2.75, 3.05) is 7.11 Å². The van der Waals surface area contributed by atoms with Gasteiger partial charge in [0.05, 0.1) is 17.7 Å². The summed E-state index contributed by atoms with van der Waals surface area (Å²) in [6, 6.07) is 5.47. The molecule has 0 bridgehead atoms. The van der Waals surface area contributed by atoms with Gasteiger partial charge in [-0.25, -0.2) is 14.8 Å². The molecule has 1 saturated carbocycles. The molecule has 3 rings (SSSR count). The SMILES string of the molecule is COC(=O)c1cc([C@@H]2C[C@H]2c2cnc(Cl)nc2)ccc1Cl. The van der Waals surface area contributed by atoms with Crippen LogP contribution in [0.15, 0.2) is 30.6 Å². The van der Waals surface area contributed by atoms with Crippen LogP contribution in [0.25, 0.3) is 0 Å². The number of carbonyl (C=O) groups is 1. The lowest BCUT2D eigenvalue weighted by molar-refractivity contribution is 0.0601. The van der Waals surface area contributed by atoms with Crippen molar-refractivity contribution in [1.29, 1.82) is 0 Å². The lowest BCUT2D eigenvalue weighted by Gasteiger charge is -2.06. The molecule has 21 heavy (non-hydrogen) atoms. The first kappa shape index (κ1) is 14.3. The summed E-state index contributed by atoms with van der Waals surface area (Å²) < 4.78 is 4.74. The summed E-state index contributed by atoms with van der Waals surface area (Å²) in [5.41, 5.74) is 2.52. The van der Waals surface area contributed by atoms with Crippen molar-refractivity contribution < 1.29 is 9.53 Å². The van der Waals surface area contributed by atoms with Gasteiger partial charge >= 0.3 is 5.97 Å². The van der Waals surface area contributed by atoms with Gasteiger partial charge in [-0.2, -0.15) is 0 Å². The first-order valence-corrected chi connectivity index (χ1v) is 7.21. The molecule has 1 aliphatic rings. The first-order valence-electron chi connectivity index (χ1n) is 6.45. The summed E-state index contributed by atoms with van der Waals surface area (Å²) in [6.45, 7) is 0. The Morgan fingerprint density at radius 2 is 1.86 bits per heavy atom. The van der Waals surface area contributed by atoms with E-state index in [4.69, 9.17) is 27.9 Å². The van der Waals surface area contributed by atoms with Crippen LogP contribution in [0.5, 0.6) is 0 Å². The maximum Gasteiger partial charge on any atom is 0.339 e. The molecule has 0 saturated heterocycles. The molecule has 1 aromatic heterocycles. The van der Waals surface area contributed by atoms with E-state index in [1.165, 1.54) is 7.11 Å². The average molecular weight is 323 g/mol. The predicted octanol–water partition coefficient (Wildman–Crippen LogP) is 3.84. The van der Waals surface area contributed by atoms with E-state index in [9.17, 15) is 4.79 Å². The van der Waals surface area contributed by atoms with E-state index in [0.717, 1.165) is 17.5 Å². The second kappa shape index (κ2) is 5.62. The standard InChI is InChI=1S/C15H12Cl2N2O2/c1-21-14(20)12-4-8(2-3-13(12)16)10-5-11(10)9-6-18-15(17)19-7-9/h2-4,6-7,10-11H,5H2,1H3/t10-,11-/m0/s1. The van der Waals surface area contributed by atoms with Gasteiger partial charge in [-0.1, -0.05) is 17.7 Å². The Labute approximate surface area is 132 Å². The van der Waals surface area contributed by atoms with Gasteiger partial charge in [-0.05, 0) is 53.1 Å². The van der Waals surface area contributed by atoms with Crippen LogP contribution in [0.3, 0.4) is 0 Å². The van der Waals surface area contributed by atoms with Gasteiger partial charge in [-0.3, -0.25) is 0 Å². The molecule has 1 heterocycles. The molecule has 1 aliphatic carbocycles. The van der Waals surface area contributed by atoms with Gasteiger partial charge in [-0.15, -0.1) is 0 Å². The van der Waals surface area contributed by atoms with Gasteiger partial charge in [0.15, 0.2) is 0 Å². The third-order valence-corrected chi connectivity index (χ3v) is 4.21. The number of rotatable bonds is 3. The minimum Gasteiger partial charge on any atom is -0.465 e. The van der Waals surface area contributed by atoms with Crippen LogP contribution in [0, 0.1) is 0 Å². The quantitative estimate of drug-likeness (QED) is 0.636. The third-order valence-electron chi connectivity index (χ3n) is 3.68. The molecule has 0 unspecified atom stereocenters. The zero-order valence-corrected chi connectivity index (χ0v) is 12.7. The lowest BCUT2D eigenvalue weighted by Crippen LogP contribution is -2.03. The normalized spacial score (nSPS) is 20.1. The number of benzene rings is 1. The van der Waals surface area contributed by atoms with E-state index < -0.39 is 5.97 Å². The molecule has 1 fully saturated rings. The zero-order valence-electron chi connectivity index (χ0n) is 11.2. The van der Waals surface area contributed by atoms with Crippen LogP contribution in [0.2, 0.25) is 10.3 Å². The Morgan fingerprint density at radius 1 is 1.19 bits per heavy atom. The van der Waals surface area contributed by atoms with Gasteiger partial charge in [0.1, 0.15) is 0 Å². The largest absolute Gasteiger partial charge is 0.465 e. The van der Waals surface area contributed by atoms with Crippen molar-refractivity contribution in [2.45, 2.75) is 18.3 Å². The van der Waals surface area contributed by atoms with Gasteiger partial charge in [0.25, 0.3) is 0 Å². The van der Waals surface area contributed by atoms with Crippen LogP contribution >= 0.6 is 23.2 Å². The summed E-state index contributed by atoms with van der Waals surface area (Å²) in [5.74, 6) is 0.276. The summed E-state index contributed by atoms with van der Waals surface area (Å²) in [5, 5.41) is 0.646. The Bertz CT molecular complexity index is 689. The number of hydrogen-bond acceptors (Lipinski definition) is 4. The maximum atomic E-state index is 11.7. The third kappa shape index (κ3) is 2.87. The van der Waals surface area contributed by atoms with Crippen molar-refractivity contribution in [1.82, 2.24) is 9.97 Å². The molecular weight excluding hydrogens is 311 g/mol. The van der Waals surface area contributed by atoms with Gasteiger partial charge in [0, 0.05) is 12.4 Å². The monoisotopic (exact) mass is 322 g/mol. The Balaban J connectivity index is 1.83. The molecule has 0 N–H and O–H groups in total. The molecular formula is C15H12Cl2N2O2. The Kier molecular flexibility index (Phi) is 3.83. The fourth-order valence-corrected chi connectivity index (χ4v) is 2.78. The van der Waals surface area contributed by atoms with Crippen molar-refractivity contribution in [2.24, 2.45) is 0 Å². The summed E-state index contributed by atoms with van der Waals surface area (Å²) in [4.78, 5) is 19.7. The van der Waals surface area contributed by atoms with E-state index in [0.29, 0.717) is 22.4 Å². The second-order valence-corrected chi connectivity index (χ2v) is 5.71. The number of hydrogen-bond donors (Lipinski definition) is 0. The Hall–Kier alpha value is -1.65. The molecule has 2 aromatic rings. The molecule has 0 spiro atoms. The number of carbonyl (C=O) groups excluding carboxylic acids is 1. The fourth-order valence-electron chi connectivity index (χ4n) is 2.49. The molecule has 0 amide bonds. The number of halogens is 2. The summed E-state index contributed by atoms with van der Waals surface area (Å²) in [7, 11) is 1.34. The van der Waals surface area contributed by atoms with Crippen LogP contribution in [-0.2, 0) is 4.74 Å². The highest BCUT2D eigenvalue weighted by Crippen LogP contribution is 2.54. The zero-order chi connectivity index (χ0) is 15.0. The first-order chi connectivity index (χ1) is 10.1. The van der Waals surface area contributed by atoms with E-state index in [1.807, 2.05) is 6.07 Å². The van der Waals surface area contributed by atoms with Gasteiger partial charge in [0.2, 0.25) is 5.28 Å². The van der Waals surface area contributed by atoms with Crippen LogP contribution in [-0.4, -0.2) is 23.0 Å². The Morgan fingerprint density at radius 3 is 2.52 bits per heavy atom. The number of nitrogens with zero attached hydrogens (tertiary/aromatic N) is 2. The van der Waals surface area contributed by atoms with Crippen LogP contribution in [0.4, 0.5) is 0 Å². The molecule has 1 aromatic carbocycles. The van der Waals surface area contributed by atoms with Crippen molar-refractivity contribution in [3.8, 4) is 0 Å². The van der Waals surface area contributed by atoms with E-state index in [2.05, 4.69) is 9.97 Å². The van der Waals surface area contributed by atoms with Crippen molar-refractivity contribution in [3.63, 3.8) is 0 Å². The molecule has 0 radical (unpaired) electrons. The molecule has 2 atom stereocenters. The molecule has 0 aliphatic heterocycles. The smallest absolute Gasteiger partial charge is 0.339 e. The van der Waals surface area contributed by atoms with Crippen LogP contribution in [0.1, 0.15) is 39.7 Å². The van der Waals surface area contributed by atoms with Crippen LogP contribution < -0.4 is 0 Å². The predicted molar refractivity (Wildman–Crippen MR) is 79.9 cm³/mol. The minimum absolute atomic E-state index is 0.246. The summed E-state index contributed by atoms with van der Waals surface area (Å²) in [6.07, 6.45) is 4.49. The second-order valence-electron chi connectivity index (χ2n) is 4.96. The molecule has 108 valence electrons. The van der Waals surface area contributed by atoms with Crippen molar-refractivity contribution >= 4 is 29.2 Å². The number of esters is 1. The number of methoxy groups -OCH3 is 1. The van der Waals surface area contributed by atoms with E-state index >= 15 is 0 Å². The highest BCUT2D eigenvalue weighted by atomic mass is 35.5. The maximum absolute atomic E-state index is 11.7. The fraction of sp³-hybridized carbons (Fsp3) is 0.267. The molecule has 4 nitrogen and oxygen atoms in total. The van der Waals surface area contributed by atoms with E-state index in [-0.39, 0.29) is 5.28 Å². The number of aromatic nitrogens is 2. The lowest BCUT2D eigenvalue weighted by atomic mass is 10.0. The molecule has 6 heteroatoms. The summed E-state index contributed by atoms with van der Waals surface area (Å²) >= 11 is 11.7. The van der Waals surface area contributed by atoms with E-state index in [1.54, 1.807) is 24.5 Å². The minimum atomic E-state index is -0.422. The highest BCUT2D eigenvalue weighted by Gasteiger charge is 2.40. The highest BCUT2D eigenvalue weighted by molar-refractivity contribution is 6.33. The van der Waals surface area contributed by atoms with Gasteiger partial charge < -0.3 is 4.74 Å². The van der Waals surface area contributed by atoms with Crippen molar-refractivity contribution in [3.05, 3.63) is 57.6 Å². The number of ether oxygens (including phenoxy) is 1. The topological polar surface area (TPSA) is 52.1 Å².